The zero-order chi connectivity index (χ0) is 28.3. The van der Waals surface area contributed by atoms with Gasteiger partial charge in [0.15, 0.2) is 0 Å². The average molecular weight is 535 g/mol. The lowest BCUT2D eigenvalue weighted by Gasteiger charge is -2.33. The van der Waals surface area contributed by atoms with Crippen LogP contribution in [0, 0.1) is 17.3 Å². The molecule has 1 heterocycles. The zero-order valence-electron chi connectivity index (χ0n) is 23.3. The molecule has 2 N–H and O–H groups in total. The Morgan fingerprint density at radius 1 is 0.949 bits per heavy atom. The quantitative estimate of drug-likeness (QED) is 0.389. The number of rotatable bonds is 8. The molecule has 0 bridgehead atoms. The Bertz CT molecular complexity index is 1090. The molecule has 2 amide bonds. The van der Waals surface area contributed by atoms with Crippen LogP contribution in [0.5, 0.6) is 0 Å². The van der Waals surface area contributed by atoms with Gasteiger partial charge in [0.1, 0.15) is 6.61 Å². The molecule has 0 saturated heterocycles. The maximum atomic E-state index is 13.4. The molecule has 0 radical (unpaired) electrons. The number of hydrogen-bond acceptors (Lipinski definition) is 5. The van der Waals surface area contributed by atoms with Gasteiger partial charge in [-0.3, -0.25) is 14.4 Å². The van der Waals surface area contributed by atoms with Gasteiger partial charge in [0.25, 0.3) is 0 Å². The number of hydrogen-bond donors (Lipinski definition) is 2. The maximum absolute atomic E-state index is 13.4. The van der Waals surface area contributed by atoms with E-state index in [4.69, 9.17) is 4.74 Å². The average Bonchev–Trinajstić information content (AvgIpc) is 2.91. The van der Waals surface area contributed by atoms with Crippen LogP contribution >= 0.6 is 0 Å². The molecule has 0 unspecified atom stereocenters. The van der Waals surface area contributed by atoms with Gasteiger partial charge in [0, 0.05) is 19.5 Å². The Morgan fingerprint density at radius 3 is 2.13 bits per heavy atom. The first-order valence-electron chi connectivity index (χ1n) is 13.8. The van der Waals surface area contributed by atoms with Crippen molar-refractivity contribution in [3.05, 3.63) is 83.9 Å². The van der Waals surface area contributed by atoms with Gasteiger partial charge in [-0.15, -0.1) is 0 Å². The summed E-state index contributed by atoms with van der Waals surface area (Å²) in [6.45, 7) is 6.43. The van der Waals surface area contributed by atoms with E-state index in [1.807, 2.05) is 93.6 Å². The molecule has 7 nitrogen and oxygen atoms in total. The lowest BCUT2D eigenvalue weighted by atomic mass is 9.86. The third-order valence-corrected chi connectivity index (χ3v) is 7.15. The molecule has 3 atom stereocenters. The van der Waals surface area contributed by atoms with Gasteiger partial charge in [-0.05, 0) is 35.8 Å². The topological polar surface area (TPSA) is 95.9 Å². The Morgan fingerprint density at radius 2 is 1.54 bits per heavy atom. The second-order valence-corrected chi connectivity index (χ2v) is 11.3. The van der Waals surface area contributed by atoms with E-state index in [1.165, 1.54) is 0 Å². The number of nitrogens with one attached hydrogen (secondary N) is 1. The minimum absolute atomic E-state index is 0.0209. The molecule has 0 aliphatic carbocycles. The van der Waals surface area contributed by atoms with Gasteiger partial charge < -0.3 is 20.1 Å². The third kappa shape index (κ3) is 9.66. The van der Waals surface area contributed by atoms with Crippen molar-refractivity contribution in [1.29, 1.82) is 0 Å². The van der Waals surface area contributed by atoms with Crippen molar-refractivity contribution >= 4 is 17.8 Å². The molecule has 0 fully saturated rings. The predicted molar refractivity (Wildman–Crippen MR) is 151 cm³/mol. The van der Waals surface area contributed by atoms with Crippen LogP contribution in [0.2, 0.25) is 0 Å². The summed E-state index contributed by atoms with van der Waals surface area (Å²) >= 11 is 0. The highest BCUT2D eigenvalue weighted by molar-refractivity contribution is 5.86. The van der Waals surface area contributed by atoms with Gasteiger partial charge in [-0.1, -0.05) is 93.6 Å². The molecule has 0 saturated carbocycles. The van der Waals surface area contributed by atoms with E-state index in [0.717, 1.165) is 11.1 Å². The molecule has 2 aromatic carbocycles. The minimum atomic E-state index is -0.585. The first kappa shape index (κ1) is 30.1. The number of allylic oxidation sites excluding steroid dienone is 2. The highest BCUT2D eigenvalue weighted by Crippen LogP contribution is 2.24. The molecule has 39 heavy (non-hydrogen) atoms. The minimum Gasteiger partial charge on any atom is -0.463 e. The monoisotopic (exact) mass is 534 g/mol. The summed E-state index contributed by atoms with van der Waals surface area (Å²) < 4.78 is 5.75. The Hall–Kier alpha value is -3.45. The molecule has 3 rings (SSSR count). The molecule has 1 aliphatic rings. The van der Waals surface area contributed by atoms with Crippen molar-refractivity contribution in [2.24, 2.45) is 17.3 Å². The summed E-state index contributed by atoms with van der Waals surface area (Å²) in [4.78, 5) is 41.4. The number of carbonyl (C=O) groups excluding carboxylic acids is 3. The van der Waals surface area contributed by atoms with Crippen LogP contribution in [0.15, 0.2) is 72.8 Å². The van der Waals surface area contributed by atoms with Crippen LogP contribution < -0.4 is 5.32 Å². The number of carbonyl (C=O) groups is 3. The molecule has 7 heteroatoms. The number of aliphatic hydroxyl groups excluding tert-OH is 1. The number of benzene rings is 2. The van der Waals surface area contributed by atoms with Crippen molar-refractivity contribution in [2.45, 2.75) is 59.0 Å². The molecular weight excluding hydrogens is 492 g/mol. The first-order valence-corrected chi connectivity index (χ1v) is 13.8. The fourth-order valence-electron chi connectivity index (χ4n) is 4.60. The second-order valence-electron chi connectivity index (χ2n) is 11.3. The van der Waals surface area contributed by atoms with Gasteiger partial charge >= 0.3 is 5.97 Å². The lowest BCUT2D eigenvalue weighted by Crippen LogP contribution is -2.50. The van der Waals surface area contributed by atoms with E-state index in [1.54, 1.807) is 4.90 Å². The normalized spacial score (nSPS) is 20.8. The van der Waals surface area contributed by atoms with Crippen molar-refractivity contribution in [3.63, 3.8) is 0 Å². The van der Waals surface area contributed by atoms with Gasteiger partial charge in [-0.25, -0.2) is 0 Å². The summed E-state index contributed by atoms with van der Waals surface area (Å²) in [5.41, 5.74) is 1.66. The summed E-state index contributed by atoms with van der Waals surface area (Å²) in [7, 11) is 0. The highest BCUT2D eigenvalue weighted by atomic mass is 16.5. The molecule has 1 aliphatic heterocycles. The summed E-state index contributed by atoms with van der Waals surface area (Å²) in [6.07, 6.45) is 5.25. The van der Waals surface area contributed by atoms with Gasteiger partial charge in [0.2, 0.25) is 11.8 Å². The largest absolute Gasteiger partial charge is 0.463 e. The van der Waals surface area contributed by atoms with Crippen LogP contribution in [-0.2, 0) is 32.1 Å². The van der Waals surface area contributed by atoms with Gasteiger partial charge in [-0.2, -0.15) is 0 Å². The van der Waals surface area contributed by atoms with Crippen molar-refractivity contribution in [1.82, 2.24) is 10.2 Å². The molecule has 2 aromatic rings. The maximum Gasteiger partial charge on any atom is 0.309 e. The number of ether oxygens (including phenoxy) is 1. The summed E-state index contributed by atoms with van der Waals surface area (Å²) in [6, 6.07) is 19.0. The van der Waals surface area contributed by atoms with Crippen molar-refractivity contribution in [3.8, 4) is 0 Å². The van der Waals surface area contributed by atoms with Crippen molar-refractivity contribution in [2.75, 3.05) is 19.8 Å². The summed E-state index contributed by atoms with van der Waals surface area (Å²) in [5.74, 6) is -1.63. The Balaban J connectivity index is 1.79. The summed E-state index contributed by atoms with van der Waals surface area (Å²) in [5, 5.41) is 12.6. The lowest BCUT2D eigenvalue weighted by molar-refractivity contribution is -0.151. The van der Waals surface area contributed by atoms with E-state index in [0.29, 0.717) is 25.8 Å². The second kappa shape index (κ2) is 14.6. The van der Waals surface area contributed by atoms with Crippen LogP contribution in [0.4, 0.5) is 0 Å². The number of amides is 2. The van der Waals surface area contributed by atoms with Crippen LogP contribution in [-0.4, -0.2) is 53.6 Å². The number of cyclic esters (lactones) is 1. The van der Waals surface area contributed by atoms with Crippen molar-refractivity contribution < 1.29 is 24.2 Å². The smallest absolute Gasteiger partial charge is 0.309 e. The number of nitrogens with zero attached hydrogens (tertiary/aromatic N) is 1. The predicted octanol–water partition coefficient (Wildman–Crippen LogP) is 4.30. The van der Waals surface area contributed by atoms with Gasteiger partial charge in [0.05, 0.1) is 24.5 Å². The Labute approximate surface area is 232 Å². The number of esters is 1. The molecule has 0 spiro atoms. The molecular formula is C32H42N2O5. The fraction of sp³-hybridized carbons (Fsp3) is 0.469. The number of aliphatic hydroxyl groups is 1. The molecule has 0 aromatic heterocycles. The van der Waals surface area contributed by atoms with E-state index in [9.17, 15) is 19.5 Å². The van der Waals surface area contributed by atoms with E-state index in [-0.39, 0.29) is 55.3 Å². The zero-order valence-corrected chi connectivity index (χ0v) is 23.3. The van der Waals surface area contributed by atoms with E-state index in [2.05, 4.69) is 5.32 Å². The highest BCUT2D eigenvalue weighted by Gasteiger charge is 2.33. The van der Waals surface area contributed by atoms with E-state index < -0.39 is 12.0 Å². The van der Waals surface area contributed by atoms with Crippen LogP contribution in [0.3, 0.4) is 0 Å². The first-order chi connectivity index (χ1) is 18.7. The third-order valence-electron chi connectivity index (χ3n) is 7.15. The van der Waals surface area contributed by atoms with Crippen LogP contribution in [0.1, 0.15) is 51.2 Å². The van der Waals surface area contributed by atoms with E-state index >= 15 is 0 Å². The fourth-order valence-corrected chi connectivity index (χ4v) is 4.60. The Kier molecular flexibility index (Phi) is 11.3. The molecule has 210 valence electrons. The standard InChI is InChI=1S/C32H42N2O5/c1-32(2,3)28-23-39-31(38)27(20-24-12-6-4-7-13-24)17-11-10-16-26(30(37)33-28)21-29(36)34(18-19-35)22-25-14-8-5-9-15-25/h4-15,26-28,35H,16-23H2,1-3H3,(H,33,37)/t26-,27-,28-/m1/s1. The van der Waals surface area contributed by atoms with Crippen LogP contribution in [0.25, 0.3) is 0 Å². The SMILES string of the molecule is CC(C)(C)[C@H]1COC(=O)[C@@H](Cc2ccccc2)CC=CC[C@H](CC(=O)N(CCO)Cc2ccccc2)C(=O)N1.